The van der Waals surface area contributed by atoms with Gasteiger partial charge in [-0.05, 0) is 52.7 Å². The molecule has 0 spiro atoms. The Balaban J connectivity index is 1.66. The number of halogens is 2. The lowest BCUT2D eigenvalue weighted by atomic mass is 10.2. The minimum absolute atomic E-state index is 0.194. The molecule has 7 heteroatoms. The molecule has 0 saturated carbocycles. The molecule has 2 heterocycles. The first-order valence-corrected chi connectivity index (χ1v) is 8.43. The van der Waals surface area contributed by atoms with E-state index in [-0.39, 0.29) is 17.6 Å². The lowest BCUT2D eigenvalue weighted by Crippen LogP contribution is -2.37. The van der Waals surface area contributed by atoms with Crippen LogP contribution < -0.4 is 0 Å². The lowest BCUT2D eigenvalue weighted by molar-refractivity contribution is 0.0699. The number of furan rings is 1. The van der Waals surface area contributed by atoms with Crippen LogP contribution in [0.1, 0.15) is 27.3 Å². The van der Waals surface area contributed by atoms with Gasteiger partial charge in [-0.25, -0.2) is 4.39 Å². The summed E-state index contributed by atoms with van der Waals surface area (Å²) >= 11 is 3.18. The first-order valence-electron chi connectivity index (χ1n) is 7.64. The van der Waals surface area contributed by atoms with E-state index < -0.39 is 5.82 Å². The Labute approximate surface area is 147 Å². The molecule has 1 aliphatic heterocycles. The zero-order valence-corrected chi connectivity index (χ0v) is 14.5. The molecule has 1 aliphatic rings. The largest absolute Gasteiger partial charge is 0.444 e. The zero-order chi connectivity index (χ0) is 17.1. The first-order chi connectivity index (χ1) is 11.5. The van der Waals surface area contributed by atoms with Crippen molar-refractivity contribution in [1.82, 2.24) is 9.80 Å². The molecule has 1 aromatic heterocycles. The van der Waals surface area contributed by atoms with Gasteiger partial charge in [-0.15, -0.1) is 0 Å². The number of carbonyl (C=O) groups excluding carboxylic acids is 2. The molecule has 126 valence electrons. The summed E-state index contributed by atoms with van der Waals surface area (Å²) in [5, 5.41) is 0. The van der Waals surface area contributed by atoms with Gasteiger partial charge in [0, 0.05) is 31.7 Å². The van der Waals surface area contributed by atoms with Crippen molar-refractivity contribution in [2.45, 2.75) is 6.42 Å². The summed E-state index contributed by atoms with van der Waals surface area (Å²) < 4.78 is 19.1. The van der Waals surface area contributed by atoms with E-state index in [0.29, 0.717) is 42.8 Å². The van der Waals surface area contributed by atoms with Crippen molar-refractivity contribution in [1.29, 1.82) is 0 Å². The number of hydrogen-bond acceptors (Lipinski definition) is 3. The quantitative estimate of drug-likeness (QED) is 0.785. The first kappa shape index (κ1) is 16.7. The highest BCUT2D eigenvalue weighted by Crippen LogP contribution is 2.17. The smallest absolute Gasteiger partial charge is 0.289 e. The Morgan fingerprint density at radius 1 is 1.00 bits per heavy atom. The third-order valence-electron chi connectivity index (χ3n) is 3.93. The molecule has 1 aromatic carbocycles. The molecular formula is C17H16BrFN2O3. The van der Waals surface area contributed by atoms with Crippen LogP contribution in [0.3, 0.4) is 0 Å². The molecule has 2 amide bonds. The highest BCUT2D eigenvalue weighted by atomic mass is 79.9. The maximum absolute atomic E-state index is 13.3. The molecule has 0 N–H and O–H groups in total. The van der Waals surface area contributed by atoms with Gasteiger partial charge in [0.1, 0.15) is 5.82 Å². The Kier molecular flexibility index (Phi) is 4.99. The van der Waals surface area contributed by atoms with Crippen LogP contribution in [-0.2, 0) is 0 Å². The lowest BCUT2D eigenvalue weighted by Gasteiger charge is -2.21. The van der Waals surface area contributed by atoms with E-state index >= 15 is 0 Å². The van der Waals surface area contributed by atoms with Crippen molar-refractivity contribution >= 4 is 27.7 Å². The molecule has 2 aromatic rings. The van der Waals surface area contributed by atoms with E-state index in [2.05, 4.69) is 15.9 Å². The van der Waals surface area contributed by atoms with Crippen LogP contribution in [0.2, 0.25) is 0 Å². The molecule has 0 aliphatic carbocycles. The van der Waals surface area contributed by atoms with Crippen molar-refractivity contribution in [2.75, 3.05) is 26.2 Å². The van der Waals surface area contributed by atoms with Crippen LogP contribution in [0, 0.1) is 5.82 Å². The maximum Gasteiger partial charge on any atom is 0.289 e. The summed E-state index contributed by atoms with van der Waals surface area (Å²) in [7, 11) is 0. The van der Waals surface area contributed by atoms with Gasteiger partial charge in [0.15, 0.2) is 10.4 Å². The van der Waals surface area contributed by atoms with Crippen molar-refractivity contribution < 1.29 is 18.4 Å². The van der Waals surface area contributed by atoms with Gasteiger partial charge in [0.2, 0.25) is 0 Å². The monoisotopic (exact) mass is 394 g/mol. The number of rotatable bonds is 2. The van der Waals surface area contributed by atoms with Crippen LogP contribution in [0.15, 0.2) is 45.5 Å². The average molecular weight is 395 g/mol. The Hall–Kier alpha value is -2.15. The summed E-state index contributed by atoms with van der Waals surface area (Å²) in [5.41, 5.74) is 0.324. The van der Waals surface area contributed by atoms with Crippen LogP contribution in [-0.4, -0.2) is 47.8 Å². The van der Waals surface area contributed by atoms with Gasteiger partial charge in [-0.3, -0.25) is 9.59 Å². The fraction of sp³-hybridized carbons (Fsp3) is 0.294. The molecule has 3 rings (SSSR count). The molecule has 1 fully saturated rings. The number of hydrogen-bond donors (Lipinski definition) is 0. The van der Waals surface area contributed by atoms with Crippen LogP contribution in [0.4, 0.5) is 4.39 Å². The minimum atomic E-state index is -0.434. The van der Waals surface area contributed by atoms with Gasteiger partial charge in [0.05, 0.1) is 0 Å². The van der Waals surface area contributed by atoms with Gasteiger partial charge >= 0.3 is 0 Å². The molecular weight excluding hydrogens is 379 g/mol. The molecule has 0 radical (unpaired) electrons. The molecule has 5 nitrogen and oxygen atoms in total. The Morgan fingerprint density at radius 3 is 2.33 bits per heavy atom. The average Bonchev–Trinajstić information content (AvgIpc) is 2.86. The summed E-state index contributed by atoms with van der Waals surface area (Å²) in [5.74, 6) is -0.576. The van der Waals surface area contributed by atoms with Crippen molar-refractivity contribution in [2.24, 2.45) is 0 Å². The van der Waals surface area contributed by atoms with Gasteiger partial charge in [0.25, 0.3) is 11.8 Å². The molecule has 0 atom stereocenters. The second-order valence-corrected chi connectivity index (χ2v) is 6.33. The molecule has 24 heavy (non-hydrogen) atoms. The van der Waals surface area contributed by atoms with Gasteiger partial charge < -0.3 is 14.2 Å². The minimum Gasteiger partial charge on any atom is -0.444 e. The van der Waals surface area contributed by atoms with Crippen LogP contribution in [0.25, 0.3) is 0 Å². The van der Waals surface area contributed by atoms with Crippen LogP contribution >= 0.6 is 15.9 Å². The maximum atomic E-state index is 13.3. The van der Waals surface area contributed by atoms with Crippen molar-refractivity contribution in [3.63, 3.8) is 0 Å². The fourth-order valence-corrected chi connectivity index (χ4v) is 3.02. The predicted molar refractivity (Wildman–Crippen MR) is 89.2 cm³/mol. The summed E-state index contributed by atoms with van der Waals surface area (Å²) in [6.07, 6.45) is 0.661. The number of nitrogens with zero attached hydrogens (tertiary/aromatic N) is 2. The highest BCUT2D eigenvalue weighted by molar-refractivity contribution is 9.10. The second-order valence-electron chi connectivity index (χ2n) is 5.55. The summed E-state index contributed by atoms with van der Waals surface area (Å²) in [6.45, 7) is 1.90. The SMILES string of the molecule is O=C(c1cccc(F)c1)N1CCCN(C(=O)c2ccc(Br)o2)CC1. The summed E-state index contributed by atoms with van der Waals surface area (Å²) in [6, 6.07) is 8.94. The Bertz CT molecular complexity index is 762. The second kappa shape index (κ2) is 7.17. The van der Waals surface area contributed by atoms with E-state index in [9.17, 15) is 14.0 Å². The fourth-order valence-electron chi connectivity index (χ4n) is 2.71. The van der Waals surface area contributed by atoms with E-state index in [0.717, 1.165) is 0 Å². The topological polar surface area (TPSA) is 53.8 Å². The van der Waals surface area contributed by atoms with E-state index in [1.54, 1.807) is 28.0 Å². The Morgan fingerprint density at radius 2 is 1.71 bits per heavy atom. The van der Waals surface area contributed by atoms with E-state index in [4.69, 9.17) is 4.42 Å². The number of benzene rings is 1. The highest BCUT2D eigenvalue weighted by Gasteiger charge is 2.25. The van der Waals surface area contributed by atoms with Crippen molar-refractivity contribution in [3.8, 4) is 0 Å². The predicted octanol–water partition coefficient (Wildman–Crippen LogP) is 3.17. The number of carbonyl (C=O) groups is 2. The molecule has 1 saturated heterocycles. The van der Waals surface area contributed by atoms with Gasteiger partial charge in [-0.1, -0.05) is 6.07 Å². The molecule has 0 unspecified atom stereocenters. The van der Waals surface area contributed by atoms with Crippen molar-refractivity contribution in [3.05, 3.63) is 58.2 Å². The third kappa shape index (κ3) is 3.67. The normalized spacial score (nSPS) is 15.2. The standard InChI is InChI=1S/C17H16BrFN2O3/c18-15-6-5-14(24-15)17(23)21-8-2-7-20(9-10-21)16(22)12-3-1-4-13(19)11-12/h1,3-6,11H,2,7-10H2. The molecule has 0 bridgehead atoms. The van der Waals surface area contributed by atoms with E-state index in [1.165, 1.54) is 18.2 Å². The zero-order valence-electron chi connectivity index (χ0n) is 12.9. The third-order valence-corrected chi connectivity index (χ3v) is 4.35. The van der Waals surface area contributed by atoms with Gasteiger partial charge in [-0.2, -0.15) is 0 Å². The van der Waals surface area contributed by atoms with E-state index in [1.807, 2.05) is 0 Å². The summed E-state index contributed by atoms with van der Waals surface area (Å²) in [4.78, 5) is 28.2. The number of amides is 2. The van der Waals surface area contributed by atoms with Crippen LogP contribution in [0.5, 0.6) is 0 Å².